The van der Waals surface area contributed by atoms with E-state index in [-0.39, 0.29) is 37.0 Å². The molecular weight excluding hydrogens is 236 g/mol. The van der Waals surface area contributed by atoms with E-state index in [1.807, 2.05) is 6.92 Å². The van der Waals surface area contributed by atoms with Crippen LogP contribution in [-0.2, 0) is 14.3 Å². The molecule has 1 heterocycles. The molecule has 1 fully saturated rings. The summed E-state index contributed by atoms with van der Waals surface area (Å²) in [5, 5.41) is 12.1. The Kier molecular flexibility index (Phi) is 6.07. The van der Waals surface area contributed by atoms with Crippen LogP contribution >= 0.6 is 0 Å². The summed E-state index contributed by atoms with van der Waals surface area (Å²) in [6.07, 6.45) is 1.17. The normalized spacial score (nSPS) is 23.8. The zero-order chi connectivity index (χ0) is 13.5. The van der Waals surface area contributed by atoms with Crippen LogP contribution in [0.25, 0.3) is 0 Å². The maximum atomic E-state index is 11.6. The van der Waals surface area contributed by atoms with Gasteiger partial charge in [0.25, 0.3) is 0 Å². The number of likely N-dealkylation sites (tertiary alicyclic amines) is 1. The molecule has 0 radical (unpaired) electrons. The second-order valence-electron chi connectivity index (χ2n) is 4.53. The highest BCUT2D eigenvalue weighted by Gasteiger charge is 2.31. The van der Waals surface area contributed by atoms with Crippen LogP contribution in [0.1, 0.15) is 19.8 Å². The van der Waals surface area contributed by atoms with E-state index in [9.17, 15) is 14.7 Å². The van der Waals surface area contributed by atoms with Gasteiger partial charge in [-0.05, 0) is 6.42 Å². The molecule has 6 heteroatoms. The largest absolute Gasteiger partial charge is 0.396 e. The van der Waals surface area contributed by atoms with Crippen LogP contribution in [0.2, 0.25) is 0 Å². The number of aliphatic hydroxyl groups is 1. The highest BCUT2D eigenvalue weighted by molar-refractivity contribution is 5.78. The molecule has 1 rings (SSSR count). The molecule has 104 valence electrons. The van der Waals surface area contributed by atoms with Gasteiger partial charge in [0.2, 0.25) is 11.8 Å². The minimum absolute atomic E-state index is 0.00360. The lowest BCUT2D eigenvalue weighted by atomic mass is 9.92. The van der Waals surface area contributed by atoms with Crippen molar-refractivity contribution in [1.82, 2.24) is 10.2 Å². The van der Waals surface area contributed by atoms with Gasteiger partial charge in [-0.15, -0.1) is 0 Å². The number of carbonyl (C=O) groups is 2. The van der Waals surface area contributed by atoms with Gasteiger partial charge in [0.1, 0.15) is 6.61 Å². The number of piperidine rings is 1. The summed E-state index contributed by atoms with van der Waals surface area (Å²) in [6, 6.07) is -0.193. The number of aliphatic hydroxyl groups excluding tert-OH is 1. The van der Waals surface area contributed by atoms with Crippen LogP contribution in [0.3, 0.4) is 0 Å². The van der Waals surface area contributed by atoms with E-state index in [2.05, 4.69) is 5.32 Å². The fourth-order valence-corrected chi connectivity index (χ4v) is 2.21. The molecule has 2 amide bonds. The molecule has 0 saturated carbocycles. The fourth-order valence-electron chi connectivity index (χ4n) is 2.21. The van der Waals surface area contributed by atoms with Crippen molar-refractivity contribution >= 4 is 11.8 Å². The predicted octanol–water partition coefficient (Wildman–Crippen LogP) is -0.632. The lowest BCUT2D eigenvalue weighted by Crippen LogP contribution is -2.55. The van der Waals surface area contributed by atoms with Gasteiger partial charge >= 0.3 is 0 Å². The van der Waals surface area contributed by atoms with Crippen molar-refractivity contribution in [3.8, 4) is 0 Å². The van der Waals surface area contributed by atoms with E-state index in [4.69, 9.17) is 4.74 Å². The third-order valence-electron chi connectivity index (χ3n) is 3.27. The number of nitrogens with zero attached hydrogens (tertiary/aromatic N) is 1. The van der Waals surface area contributed by atoms with Crippen LogP contribution < -0.4 is 5.32 Å². The SMILES string of the molecule is CCC(=O)N1CC[C@H](CO)[C@H](NC(=O)COC)C1. The lowest BCUT2D eigenvalue weighted by molar-refractivity contribution is -0.135. The van der Waals surface area contributed by atoms with Crippen LogP contribution in [0, 0.1) is 5.92 Å². The zero-order valence-corrected chi connectivity index (χ0v) is 11.0. The number of ether oxygens (including phenoxy) is 1. The van der Waals surface area contributed by atoms with Gasteiger partial charge in [0.05, 0.1) is 6.04 Å². The van der Waals surface area contributed by atoms with Crippen LogP contribution in [-0.4, -0.2) is 61.3 Å². The van der Waals surface area contributed by atoms with Crippen LogP contribution in [0.15, 0.2) is 0 Å². The number of methoxy groups -OCH3 is 1. The quantitative estimate of drug-likeness (QED) is 0.688. The molecule has 0 aliphatic carbocycles. The average Bonchev–Trinajstić information content (AvgIpc) is 2.38. The number of amides is 2. The first-order valence-corrected chi connectivity index (χ1v) is 6.29. The Balaban J connectivity index is 2.58. The van der Waals surface area contributed by atoms with E-state index >= 15 is 0 Å². The molecule has 2 N–H and O–H groups in total. The van der Waals surface area contributed by atoms with Crippen LogP contribution in [0.4, 0.5) is 0 Å². The van der Waals surface area contributed by atoms with E-state index < -0.39 is 0 Å². The van der Waals surface area contributed by atoms with Crippen molar-refractivity contribution in [2.75, 3.05) is 33.4 Å². The summed E-state index contributed by atoms with van der Waals surface area (Å²) in [5.74, 6) is -0.129. The molecule has 0 bridgehead atoms. The van der Waals surface area contributed by atoms with Gasteiger partial charge in [-0.25, -0.2) is 0 Å². The molecule has 0 aromatic carbocycles. The van der Waals surface area contributed by atoms with E-state index in [1.165, 1.54) is 7.11 Å². The molecule has 0 aromatic rings. The number of carbonyl (C=O) groups excluding carboxylic acids is 2. The average molecular weight is 258 g/mol. The first-order chi connectivity index (χ1) is 8.62. The molecule has 6 nitrogen and oxygen atoms in total. The number of hydrogen-bond donors (Lipinski definition) is 2. The maximum absolute atomic E-state index is 11.6. The van der Waals surface area contributed by atoms with Gasteiger partial charge in [-0.3, -0.25) is 9.59 Å². The Morgan fingerprint density at radius 1 is 1.50 bits per heavy atom. The lowest BCUT2D eigenvalue weighted by Gasteiger charge is -2.38. The third kappa shape index (κ3) is 3.96. The summed E-state index contributed by atoms with van der Waals surface area (Å²) in [6.45, 7) is 2.95. The van der Waals surface area contributed by atoms with Crippen molar-refractivity contribution in [2.24, 2.45) is 5.92 Å². The van der Waals surface area contributed by atoms with Gasteiger partial charge < -0.3 is 20.1 Å². The van der Waals surface area contributed by atoms with Crippen molar-refractivity contribution in [2.45, 2.75) is 25.8 Å². The summed E-state index contributed by atoms with van der Waals surface area (Å²) in [4.78, 5) is 24.9. The van der Waals surface area contributed by atoms with E-state index in [1.54, 1.807) is 4.90 Å². The van der Waals surface area contributed by atoms with E-state index in [0.29, 0.717) is 25.9 Å². The Hall–Kier alpha value is -1.14. The molecule has 18 heavy (non-hydrogen) atoms. The first kappa shape index (κ1) is 14.9. The van der Waals surface area contributed by atoms with Crippen LogP contribution in [0.5, 0.6) is 0 Å². The summed E-state index contributed by atoms with van der Waals surface area (Å²) in [5.41, 5.74) is 0. The highest BCUT2D eigenvalue weighted by atomic mass is 16.5. The minimum atomic E-state index is -0.216. The Morgan fingerprint density at radius 2 is 2.22 bits per heavy atom. The smallest absolute Gasteiger partial charge is 0.246 e. The Labute approximate surface area is 107 Å². The highest BCUT2D eigenvalue weighted by Crippen LogP contribution is 2.18. The topological polar surface area (TPSA) is 78.9 Å². The molecule has 1 aliphatic rings. The number of rotatable bonds is 5. The van der Waals surface area contributed by atoms with Gasteiger partial charge in [0, 0.05) is 39.1 Å². The first-order valence-electron chi connectivity index (χ1n) is 6.29. The molecule has 1 saturated heterocycles. The van der Waals surface area contributed by atoms with Gasteiger partial charge in [-0.1, -0.05) is 6.92 Å². The van der Waals surface area contributed by atoms with E-state index in [0.717, 1.165) is 0 Å². The molecular formula is C12H22N2O4. The van der Waals surface area contributed by atoms with Gasteiger partial charge in [-0.2, -0.15) is 0 Å². The van der Waals surface area contributed by atoms with Crippen molar-refractivity contribution in [1.29, 1.82) is 0 Å². The second kappa shape index (κ2) is 7.33. The summed E-state index contributed by atoms with van der Waals surface area (Å²) < 4.78 is 4.75. The molecule has 2 atom stereocenters. The second-order valence-corrected chi connectivity index (χ2v) is 4.53. The molecule has 0 unspecified atom stereocenters. The van der Waals surface area contributed by atoms with Gasteiger partial charge in [0.15, 0.2) is 0 Å². The zero-order valence-electron chi connectivity index (χ0n) is 11.0. The fraction of sp³-hybridized carbons (Fsp3) is 0.833. The van der Waals surface area contributed by atoms with Crippen molar-refractivity contribution < 1.29 is 19.4 Å². The Bertz CT molecular complexity index is 296. The van der Waals surface area contributed by atoms with Crippen molar-refractivity contribution in [3.05, 3.63) is 0 Å². The summed E-state index contributed by atoms with van der Waals surface area (Å²) in [7, 11) is 1.46. The molecule has 1 aliphatic heterocycles. The maximum Gasteiger partial charge on any atom is 0.246 e. The third-order valence-corrected chi connectivity index (χ3v) is 3.27. The monoisotopic (exact) mass is 258 g/mol. The molecule has 0 spiro atoms. The number of hydrogen-bond acceptors (Lipinski definition) is 4. The van der Waals surface area contributed by atoms with Crippen molar-refractivity contribution in [3.63, 3.8) is 0 Å². The predicted molar refractivity (Wildman–Crippen MR) is 65.9 cm³/mol. The molecule has 0 aromatic heterocycles. The Morgan fingerprint density at radius 3 is 2.78 bits per heavy atom. The standard InChI is InChI=1S/C12H22N2O4/c1-3-12(17)14-5-4-9(7-15)10(6-14)13-11(16)8-18-2/h9-10,15H,3-8H2,1-2H3,(H,13,16)/t9-,10-/m1/s1. The summed E-state index contributed by atoms with van der Waals surface area (Å²) >= 11 is 0. The minimum Gasteiger partial charge on any atom is -0.396 e. The number of nitrogens with one attached hydrogen (secondary N) is 1.